The fourth-order valence-corrected chi connectivity index (χ4v) is 1.29. The van der Waals surface area contributed by atoms with Gasteiger partial charge in [-0.25, -0.2) is 0 Å². The molecule has 2 N–H and O–H groups in total. The van der Waals surface area contributed by atoms with E-state index in [9.17, 15) is 10.1 Å². The van der Waals surface area contributed by atoms with Crippen LogP contribution in [0.15, 0.2) is 24.7 Å². The van der Waals surface area contributed by atoms with Crippen molar-refractivity contribution in [2.75, 3.05) is 0 Å². The summed E-state index contributed by atoms with van der Waals surface area (Å²) in [6.45, 7) is 0.405. The first-order chi connectivity index (χ1) is 6.72. The monoisotopic (exact) mass is 192 g/mol. The van der Waals surface area contributed by atoms with E-state index in [0.717, 1.165) is 5.56 Å². The van der Waals surface area contributed by atoms with Gasteiger partial charge in [-0.05, 0) is 21.5 Å². The predicted molar refractivity (Wildman–Crippen MR) is 49.7 cm³/mol. The van der Waals surface area contributed by atoms with E-state index in [1.807, 2.05) is 0 Å². The van der Waals surface area contributed by atoms with Crippen molar-refractivity contribution in [2.45, 2.75) is 6.54 Å². The number of aromatic nitrogens is 2. The van der Waals surface area contributed by atoms with Crippen molar-refractivity contribution in [1.29, 1.82) is 0 Å². The van der Waals surface area contributed by atoms with Crippen LogP contribution in [0.1, 0.15) is 5.56 Å². The van der Waals surface area contributed by atoms with Gasteiger partial charge in [0.15, 0.2) is 0 Å². The molecule has 0 amide bonds. The summed E-state index contributed by atoms with van der Waals surface area (Å²) >= 11 is 0. The molecular weight excluding hydrogens is 184 g/mol. The molecule has 2 rings (SSSR count). The minimum atomic E-state index is -0.503. The van der Waals surface area contributed by atoms with Crippen molar-refractivity contribution >= 4 is 11.3 Å². The highest BCUT2D eigenvalue weighted by Crippen LogP contribution is 2.17. The minimum absolute atomic E-state index is 0.131. The Labute approximate surface area is 79.1 Å². The number of imidazole rings is 1. The largest absolute Gasteiger partial charge is 0.389 e. The van der Waals surface area contributed by atoms with Gasteiger partial charge < -0.3 is 15.8 Å². The zero-order valence-corrected chi connectivity index (χ0v) is 7.25. The highest BCUT2D eigenvalue weighted by molar-refractivity contribution is 5.61. The second kappa shape index (κ2) is 3.08. The number of nitrogens with two attached hydrogens (primary N) is 1. The Balaban J connectivity index is 2.65. The number of hydrogen-bond acceptors (Lipinski definition) is 4. The third kappa shape index (κ3) is 1.21. The SMILES string of the molecule is NCc1ccc2c([N+](=O)[O-])ncn2c1. The van der Waals surface area contributed by atoms with Gasteiger partial charge in [0.05, 0.1) is 0 Å². The van der Waals surface area contributed by atoms with E-state index in [2.05, 4.69) is 4.98 Å². The quantitative estimate of drug-likeness (QED) is 0.560. The molecule has 0 spiro atoms. The van der Waals surface area contributed by atoms with Gasteiger partial charge in [-0.15, -0.1) is 0 Å². The summed E-state index contributed by atoms with van der Waals surface area (Å²) in [5, 5.41) is 10.5. The second-order valence-electron chi connectivity index (χ2n) is 2.86. The van der Waals surface area contributed by atoms with Gasteiger partial charge >= 0.3 is 5.82 Å². The first-order valence-corrected chi connectivity index (χ1v) is 4.02. The summed E-state index contributed by atoms with van der Waals surface area (Å²) in [5.74, 6) is -0.131. The molecule has 0 radical (unpaired) electrons. The Bertz CT molecular complexity index is 491. The lowest BCUT2D eigenvalue weighted by atomic mass is 10.3. The van der Waals surface area contributed by atoms with Crippen LogP contribution >= 0.6 is 0 Å². The summed E-state index contributed by atoms with van der Waals surface area (Å²) in [7, 11) is 0. The molecule has 2 aromatic heterocycles. The summed E-state index contributed by atoms with van der Waals surface area (Å²) in [5.41, 5.74) is 6.83. The van der Waals surface area contributed by atoms with Gasteiger partial charge in [0.1, 0.15) is 5.52 Å². The summed E-state index contributed by atoms with van der Waals surface area (Å²) < 4.78 is 1.60. The van der Waals surface area contributed by atoms with Crippen molar-refractivity contribution in [3.63, 3.8) is 0 Å². The molecule has 0 aliphatic carbocycles. The summed E-state index contributed by atoms with van der Waals surface area (Å²) in [6, 6.07) is 3.40. The number of pyridine rings is 1. The molecule has 0 fully saturated rings. The molecule has 6 nitrogen and oxygen atoms in total. The van der Waals surface area contributed by atoms with Crippen LogP contribution in [0.5, 0.6) is 0 Å². The maximum absolute atomic E-state index is 10.5. The molecule has 2 heterocycles. The normalized spacial score (nSPS) is 10.6. The highest BCUT2D eigenvalue weighted by atomic mass is 16.6. The number of hydrogen-bond donors (Lipinski definition) is 1. The molecule has 0 atom stereocenters. The molecule has 0 saturated heterocycles. The zero-order valence-electron chi connectivity index (χ0n) is 7.25. The van der Waals surface area contributed by atoms with Crippen LogP contribution in [0.4, 0.5) is 5.82 Å². The van der Waals surface area contributed by atoms with E-state index < -0.39 is 4.92 Å². The van der Waals surface area contributed by atoms with Crippen molar-refractivity contribution in [1.82, 2.24) is 9.38 Å². The van der Waals surface area contributed by atoms with Gasteiger partial charge in [0, 0.05) is 12.7 Å². The molecule has 0 unspecified atom stereocenters. The molecule has 14 heavy (non-hydrogen) atoms. The molecule has 72 valence electrons. The van der Waals surface area contributed by atoms with Crippen LogP contribution < -0.4 is 5.73 Å². The van der Waals surface area contributed by atoms with Crippen LogP contribution in [-0.2, 0) is 6.54 Å². The zero-order chi connectivity index (χ0) is 10.1. The van der Waals surface area contributed by atoms with E-state index in [1.165, 1.54) is 6.33 Å². The Kier molecular flexibility index (Phi) is 1.90. The highest BCUT2D eigenvalue weighted by Gasteiger charge is 2.14. The molecule has 0 aromatic carbocycles. The van der Waals surface area contributed by atoms with Gasteiger partial charge in [-0.3, -0.25) is 4.40 Å². The average molecular weight is 192 g/mol. The maximum Gasteiger partial charge on any atom is 0.389 e. The number of fused-ring (bicyclic) bond motifs is 1. The fraction of sp³-hybridized carbons (Fsp3) is 0.125. The summed E-state index contributed by atoms with van der Waals surface area (Å²) in [6.07, 6.45) is 3.14. The lowest BCUT2D eigenvalue weighted by Crippen LogP contribution is -1.98. The lowest BCUT2D eigenvalue weighted by molar-refractivity contribution is -0.387. The van der Waals surface area contributed by atoms with Gasteiger partial charge in [0.25, 0.3) is 0 Å². The van der Waals surface area contributed by atoms with Crippen molar-refractivity contribution in [3.8, 4) is 0 Å². The molecule has 0 bridgehead atoms. The molecular formula is C8H8N4O2. The van der Waals surface area contributed by atoms with Crippen molar-refractivity contribution < 1.29 is 4.92 Å². The fourth-order valence-electron chi connectivity index (χ4n) is 1.29. The maximum atomic E-state index is 10.5. The first kappa shape index (κ1) is 8.64. The van der Waals surface area contributed by atoms with Crippen LogP contribution in [0.3, 0.4) is 0 Å². The number of nitro groups is 1. The molecule has 0 saturated carbocycles. The Morgan fingerprint density at radius 2 is 2.36 bits per heavy atom. The lowest BCUT2D eigenvalue weighted by Gasteiger charge is -1.97. The van der Waals surface area contributed by atoms with Crippen LogP contribution in [0.25, 0.3) is 5.52 Å². The molecule has 0 aliphatic heterocycles. The standard InChI is InChI=1S/C8H8N4O2/c9-3-6-1-2-7-8(12(13)14)10-5-11(7)4-6/h1-2,4-5H,3,9H2. The van der Waals surface area contributed by atoms with Gasteiger partial charge in [-0.1, -0.05) is 6.07 Å². The third-order valence-corrected chi connectivity index (χ3v) is 1.98. The summed E-state index contributed by atoms with van der Waals surface area (Å²) in [4.78, 5) is 13.7. The van der Waals surface area contributed by atoms with Gasteiger partial charge in [0.2, 0.25) is 6.33 Å². The van der Waals surface area contributed by atoms with Crippen LogP contribution in [0, 0.1) is 10.1 Å². The van der Waals surface area contributed by atoms with Crippen LogP contribution in [-0.4, -0.2) is 14.3 Å². The van der Waals surface area contributed by atoms with E-state index in [4.69, 9.17) is 5.73 Å². The Hall–Kier alpha value is -1.95. The molecule has 2 aromatic rings. The van der Waals surface area contributed by atoms with Crippen LogP contribution in [0.2, 0.25) is 0 Å². The van der Waals surface area contributed by atoms with Crippen molar-refractivity contribution in [3.05, 3.63) is 40.3 Å². The smallest absolute Gasteiger partial charge is 0.358 e. The Morgan fingerprint density at radius 1 is 1.57 bits per heavy atom. The van der Waals surface area contributed by atoms with E-state index in [-0.39, 0.29) is 5.82 Å². The van der Waals surface area contributed by atoms with E-state index in [1.54, 1.807) is 22.7 Å². The third-order valence-electron chi connectivity index (χ3n) is 1.98. The topological polar surface area (TPSA) is 86.5 Å². The van der Waals surface area contributed by atoms with E-state index >= 15 is 0 Å². The molecule has 0 aliphatic rings. The van der Waals surface area contributed by atoms with Crippen molar-refractivity contribution in [2.24, 2.45) is 5.73 Å². The Morgan fingerprint density at radius 3 is 3.00 bits per heavy atom. The van der Waals surface area contributed by atoms with Gasteiger partial charge in [-0.2, -0.15) is 0 Å². The first-order valence-electron chi connectivity index (χ1n) is 4.02. The number of nitrogens with zero attached hydrogens (tertiary/aromatic N) is 3. The van der Waals surface area contributed by atoms with E-state index in [0.29, 0.717) is 12.1 Å². The number of rotatable bonds is 2. The second-order valence-corrected chi connectivity index (χ2v) is 2.86. The minimum Gasteiger partial charge on any atom is -0.358 e. The molecule has 6 heteroatoms. The predicted octanol–water partition coefficient (Wildman–Crippen LogP) is 0.701. The average Bonchev–Trinajstić information content (AvgIpc) is 2.59.